The van der Waals surface area contributed by atoms with Crippen molar-refractivity contribution in [1.82, 2.24) is 0 Å². The molecule has 1 aromatic carbocycles. The number of hydrogen-bond donors (Lipinski definition) is 1. The van der Waals surface area contributed by atoms with E-state index < -0.39 is 0 Å². The lowest BCUT2D eigenvalue weighted by molar-refractivity contribution is -0.113. The molecule has 0 saturated carbocycles. The van der Waals surface area contributed by atoms with Crippen molar-refractivity contribution < 1.29 is 4.79 Å². The Balaban J connectivity index is 1.91. The van der Waals surface area contributed by atoms with E-state index in [-0.39, 0.29) is 5.78 Å². The molecule has 0 fully saturated rings. The lowest BCUT2D eigenvalue weighted by atomic mass is 10.1. The van der Waals surface area contributed by atoms with Crippen molar-refractivity contribution >= 4 is 11.5 Å². The molecular weight excluding hydrogens is 202 g/mol. The van der Waals surface area contributed by atoms with E-state index in [0.29, 0.717) is 12.1 Å². The highest BCUT2D eigenvalue weighted by Gasteiger charge is 2.01. The predicted molar refractivity (Wildman–Crippen MR) is 61.8 cm³/mol. The molecule has 0 radical (unpaired) electrons. The zero-order valence-corrected chi connectivity index (χ0v) is 8.63. The molecule has 4 nitrogen and oxygen atoms in total. The quantitative estimate of drug-likeness (QED) is 0.620. The normalized spacial score (nSPS) is 15.2. The Morgan fingerprint density at radius 3 is 2.62 bits per heavy atom. The zero-order valence-electron chi connectivity index (χ0n) is 8.63. The van der Waals surface area contributed by atoms with E-state index in [2.05, 4.69) is 15.8 Å². The monoisotopic (exact) mass is 213 g/mol. The van der Waals surface area contributed by atoms with Gasteiger partial charge in [0.2, 0.25) is 0 Å². The highest BCUT2D eigenvalue weighted by atomic mass is 16.1. The molecule has 0 bridgehead atoms. The summed E-state index contributed by atoms with van der Waals surface area (Å²) in [5, 5.41) is 7.78. The van der Waals surface area contributed by atoms with Crippen LogP contribution in [0.1, 0.15) is 6.42 Å². The first-order valence-electron chi connectivity index (χ1n) is 4.97. The topological polar surface area (TPSA) is 53.8 Å². The van der Waals surface area contributed by atoms with Crippen LogP contribution in [-0.4, -0.2) is 5.78 Å². The number of ketones is 1. The number of nitrogens with one attached hydrogen (secondary N) is 1. The summed E-state index contributed by atoms with van der Waals surface area (Å²) in [5.41, 5.74) is 4.38. The van der Waals surface area contributed by atoms with Crippen LogP contribution in [0.2, 0.25) is 0 Å². The van der Waals surface area contributed by atoms with Gasteiger partial charge in [0, 0.05) is 6.42 Å². The summed E-state index contributed by atoms with van der Waals surface area (Å²) in [6.07, 6.45) is 5.31. The molecule has 1 aliphatic rings. The summed E-state index contributed by atoms with van der Waals surface area (Å²) in [6, 6.07) is 9.55. The largest absolute Gasteiger partial charge is 0.295 e. The van der Waals surface area contributed by atoms with Crippen LogP contribution in [0.15, 0.2) is 64.6 Å². The van der Waals surface area contributed by atoms with Crippen LogP contribution >= 0.6 is 0 Å². The number of para-hydroxylation sites is 1. The van der Waals surface area contributed by atoms with Gasteiger partial charge in [0.25, 0.3) is 0 Å². The van der Waals surface area contributed by atoms with Crippen LogP contribution in [0.3, 0.4) is 0 Å². The molecule has 0 spiro atoms. The van der Waals surface area contributed by atoms with E-state index in [4.69, 9.17) is 0 Å². The fourth-order valence-electron chi connectivity index (χ4n) is 1.25. The average Bonchev–Trinajstić information content (AvgIpc) is 2.33. The predicted octanol–water partition coefficient (Wildman–Crippen LogP) is 2.88. The summed E-state index contributed by atoms with van der Waals surface area (Å²) < 4.78 is 0. The highest BCUT2D eigenvalue weighted by Crippen LogP contribution is 2.10. The minimum Gasteiger partial charge on any atom is -0.295 e. The first-order valence-corrected chi connectivity index (χ1v) is 4.97. The number of hydrogen-bond acceptors (Lipinski definition) is 3. The summed E-state index contributed by atoms with van der Waals surface area (Å²) in [7, 11) is 0. The maximum Gasteiger partial charge on any atom is 0.159 e. The van der Waals surface area contributed by atoms with Gasteiger partial charge < -0.3 is 0 Å². The van der Waals surface area contributed by atoms with Crippen molar-refractivity contribution in [3.05, 3.63) is 54.3 Å². The SMILES string of the molecule is O=C1C=CC(N=NNc2ccccc2)=CC1. The summed E-state index contributed by atoms with van der Waals surface area (Å²) in [4.78, 5) is 10.9. The summed E-state index contributed by atoms with van der Waals surface area (Å²) in [5.74, 6) is 0.0926. The molecule has 80 valence electrons. The number of carbonyl (C=O) groups excluding carboxylic acids is 1. The molecule has 16 heavy (non-hydrogen) atoms. The van der Waals surface area contributed by atoms with Gasteiger partial charge in [-0.3, -0.25) is 10.2 Å². The maximum atomic E-state index is 10.9. The first-order chi connectivity index (χ1) is 7.84. The molecule has 1 aliphatic carbocycles. The lowest BCUT2D eigenvalue weighted by Gasteiger charge is -2.00. The second-order valence-electron chi connectivity index (χ2n) is 3.31. The fraction of sp³-hybridized carbons (Fsp3) is 0.0833. The van der Waals surface area contributed by atoms with Crippen molar-refractivity contribution in [3.8, 4) is 0 Å². The number of benzene rings is 1. The van der Waals surface area contributed by atoms with Crippen molar-refractivity contribution in [3.63, 3.8) is 0 Å². The van der Waals surface area contributed by atoms with Gasteiger partial charge >= 0.3 is 0 Å². The maximum absolute atomic E-state index is 10.9. The molecular formula is C12H11N3O. The Bertz CT molecular complexity index is 460. The Morgan fingerprint density at radius 1 is 1.12 bits per heavy atom. The third-order valence-corrected chi connectivity index (χ3v) is 2.07. The van der Waals surface area contributed by atoms with Crippen molar-refractivity contribution in [2.45, 2.75) is 6.42 Å². The first kappa shape index (κ1) is 10.3. The number of nitrogens with zero attached hydrogens (tertiary/aromatic N) is 2. The lowest BCUT2D eigenvalue weighted by Crippen LogP contribution is -1.95. The van der Waals surface area contributed by atoms with Crippen LogP contribution in [0.4, 0.5) is 5.69 Å². The molecule has 0 aromatic heterocycles. The second-order valence-corrected chi connectivity index (χ2v) is 3.31. The molecule has 0 heterocycles. The Hall–Kier alpha value is -2.23. The van der Waals surface area contributed by atoms with Gasteiger partial charge in [0.1, 0.15) is 0 Å². The van der Waals surface area contributed by atoms with Gasteiger partial charge in [0.15, 0.2) is 5.78 Å². The molecule has 0 atom stereocenters. The minimum absolute atomic E-state index is 0.0926. The smallest absolute Gasteiger partial charge is 0.159 e. The van der Waals surface area contributed by atoms with E-state index in [1.807, 2.05) is 30.3 Å². The molecule has 1 N–H and O–H groups in total. The van der Waals surface area contributed by atoms with Crippen LogP contribution in [-0.2, 0) is 4.79 Å². The van der Waals surface area contributed by atoms with Gasteiger partial charge in [-0.05, 0) is 30.4 Å². The van der Waals surface area contributed by atoms with Crippen molar-refractivity contribution in [1.29, 1.82) is 0 Å². The third-order valence-electron chi connectivity index (χ3n) is 2.07. The third kappa shape index (κ3) is 2.88. The Labute approximate surface area is 93.4 Å². The molecule has 1 aromatic rings. The van der Waals surface area contributed by atoms with Gasteiger partial charge in [0.05, 0.1) is 11.4 Å². The van der Waals surface area contributed by atoms with E-state index in [0.717, 1.165) is 5.69 Å². The van der Waals surface area contributed by atoms with Crippen LogP contribution in [0.5, 0.6) is 0 Å². The van der Waals surface area contributed by atoms with E-state index >= 15 is 0 Å². The van der Waals surface area contributed by atoms with Crippen molar-refractivity contribution in [2.24, 2.45) is 10.3 Å². The second kappa shape index (κ2) is 5.02. The Kier molecular flexibility index (Phi) is 3.23. The van der Waals surface area contributed by atoms with Crippen LogP contribution in [0, 0.1) is 0 Å². The van der Waals surface area contributed by atoms with Gasteiger partial charge in [-0.1, -0.05) is 23.4 Å². The van der Waals surface area contributed by atoms with Crippen molar-refractivity contribution in [2.75, 3.05) is 5.43 Å². The molecule has 0 amide bonds. The summed E-state index contributed by atoms with van der Waals surface area (Å²) in [6.45, 7) is 0. The van der Waals surface area contributed by atoms with Gasteiger partial charge in [-0.25, -0.2) is 0 Å². The highest BCUT2D eigenvalue weighted by molar-refractivity contribution is 5.92. The molecule has 0 saturated heterocycles. The number of carbonyl (C=O) groups is 1. The molecule has 0 aliphatic heterocycles. The van der Waals surface area contributed by atoms with Crippen LogP contribution < -0.4 is 5.43 Å². The molecule has 2 rings (SSSR count). The number of anilines is 1. The van der Waals surface area contributed by atoms with Gasteiger partial charge in [-0.15, -0.1) is 5.11 Å². The van der Waals surface area contributed by atoms with E-state index in [1.54, 1.807) is 12.2 Å². The van der Waals surface area contributed by atoms with E-state index in [1.165, 1.54) is 6.08 Å². The standard InChI is InChI=1S/C12H11N3O/c16-12-8-6-11(7-9-12)14-15-13-10-4-2-1-3-5-10/h1-8H,9H2,(H,13,14). The number of allylic oxidation sites excluding steroid dienone is 3. The summed E-state index contributed by atoms with van der Waals surface area (Å²) >= 11 is 0. The molecule has 4 heteroatoms. The van der Waals surface area contributed by atoms with Crippen LogP contribution in [0.25, 0.3) is 0 Å². The molecule has 0 unspecified atom stereocenters. The average molecular weight is 213 g/mol. The van der Waals surface area contributed by atoms with Gasteiger partial charge in [-0.2, -0.15) is 0 Å². The van der Waals surface area contributed by atoms with E-state index in [9.17, 15) is 4.79 Å². The number of rotatable bonds is 3. The fourth-order valence-corrected chi connectivity index (χ4v) is 1.25. The Morgan fingerprint density at radius 2 is 1.94 bits per heavy atom. The zero-order chi connectivity index (χ0) is 11.2. The minimum atomic E-state index is 0.0926.